The van der Waals surface area contributed by atoms with Gasteiger partial charge in [-0.3, -0.25) is 14.9 Å². The highest BCUT2D eigenvalue weighted by Crippen LogP contribution is 2.35. The quantitative estimate of drug-likeness (QED) is 0.612. The Kier molecular flexibility index (Phi) is 4.10. The van der Waals surface area contributed by atoms with E-state index in [0.717, 1.165) is 6.07 Å². The lowest BCUT2D eigenvalue weighted by atomic mass is 9.91. The van der Waals surface area contributed by atoms with Gasteiger partial charge in [-0.05, 0) is 6.07 Å². The molecule has 1 aromatic rings. The second kappa shape index (κ2) is 5.22. The highest BCUT2D eigenvalue weighted by molar-refractivity contribution is 5.94. The van der Waals surface area contributed by atoms with Crippen molar-refractivity contribution in [2.75, 3.05) is 6.61 Å². The van der Waals surface area contributed by atoms with Crippen LogP contribution in [0.1, 0.15) is 5.56 Å². The third kappa shape index (κ3) is 2.99. The first-order valence-electron chi connectivity index (χ1n) is 4.81. The monoisotopic (exact) mass is 277 g/mol. The molecule has 0 bridgehead atoms. The number of benzene rings is 1. The van der Waals surface area contributed by atoms with Gasteiger partial charge in [0.2, 0.25) is 5.91 Å². The van der Waals surface area contributed by atoms with E-state index >= 15 is 0 Å². The van der Waals surface area contributed by atoms with Gasteiger partial charge in [-0.2, -0.15) is 0 Å². The van der Waals surface area contributed by atoms with Crippen molar-refractivity contribution in [1.29, 1.82) is 0 Å². The summed E-state index contributed by atoms with van der Waals surface area (Å²) in [6.07, 6.45) is 0. The third-order valence-corrected chi connectivity index (χ3v) is 2.24. The van der Waals surface area contributed by atoms with Crippen LogP contribution < -0.4 is 5.73 Å². The van der Waals surface area contributed by atoms with Gasteiger partial charge in [-0.15, -0.1) is 0 Å². The van der Waals surface area contributed by atoms with Gasteiger partial charge in [-0.25, -0.2) is 13.2 Å². The standard InChI is InChI=1S/C10H8F3N2O4/c11-7-2-1-5(15(18)19)3-6(7)8(9(14)17)10(12,13)4-16/h1-3,16H,4H2,(H2,14,17). The molecule has 0 aliphatic carbocycles. The number of rotatable bonds is 5. The summed E-state index contributed by atoms with van der Waals surface area (Å²) in [6, 6.07) is 1.76. The second-order valence-electron chi connectivity index (χ2n) is 3.52. The van der Waals surface area contributed by atoms with E-state index in [1.165, 1.54) is 0 Å². The fourth-order valence-corrected chi connectivity index (χ4v) is 1.41. The first kappa shape index (κ1) is 14.9. The van der Waals surface area contributed by atoms with E-state index in [1.807, 2.05) is 0 Å². The van der Waals surface area contributed by atoms with Crippen molar-refractivity contribution in [2.45, 2.75) is 5.92 Å². The minimum Gasteiger partial charge on any atom is -0.390 e. The van der Waals surface area contributed by atoms with Gasteiger partial charge in [0.15, 0.2) is 5.92 Å². The molecule has 0 saturated heterocycles. The fourth-order valence-electron chi connectivity index (χ4n) is 1.41. The van der Waals surface area contributed by atoms with E-state index < -0.39 is 46.3 Å². The Labute approximate surface area is 104 Å². The minimum atomic E-state index is -4.11. The topological polar surface area (TPSA) is 106 Å². The van der Waals surface area contributed by atoms with Gasteiger partial charge in [0.05, 0.1) is 4.92 Å². The lowest BCUT2D eigenvalue weighted by molar-refractivity contribution is -0.385. The molecule has 1 amide bonds. The summed E-state index contributed by atoms with van der Waals surface area (Å²) in [6.45, 7) is -1.78. The number of hydrogen-bond acceptors (Lipinski definition) is 4. The van der Waals surface area contributed by atoms with Gasteiger partial charge < -0.3 is 10.8 Å². The van der Waals surface area contributed by atoms with Gasteiger partial charge >= 0.3 is 0 Å². The molecular weight excluding hydrogens is 269 g/mol. The number of carbonyl (C=O) groups is 1. The van der Waals surface area contributed by atoms with E-state index in [-0.39, 0.29) is 0 Å². The van der Waals surface area contributed by atoms with Crippen LogP contribution in [0.2, 0.25) is 0 Å². The summed E-state index contributed by atoms with van der Waals surface area (Å²) in [4.78, 5) is 20.5. The molecule has 0 aromatic heterocycles. The summed E-state index contributed by atoms with van der Waals surface area (Å²) in [5.74, 6) is -8.59. The molecule has 1 radical (unpaired) electrons. The van der Waals surface area contributed by atoms with Crippen LogP contribution in [0.5, 0.6) is 0 Å². The molecule has 0 aliphatic rings. The number of nitro groups is 1. The Morgan fingerprint density at radius 3 is 2.47 bits per heavy atom. The van der Waals surface area contributed by atoms with Crippen LogP contribution in [0.3, 0.4) is 0 Å². The van der Waals surface area contributed by atoms with Crippen LogP contribution in [0, 0.1) is 21.8 Å². The van der Waals surface area contributed by atoms with E-state index in [1.54, 1.807) is 0 Å². The number of aliphatic hydroxyl groups excluding tert-OH is 1. The van der Waals surface area contributed by atoms with Crippen molar-refractivity contribution in [3.63, 3.8) is 0 Å². The van der Waals surface area contributed by atoms with Gasteiger partial charge in [0, 0.05) is 17.7 Å². The molecule has 0 atom stereocenters. The largest absolute Gasteiger partial charge is 0.390 e. The zero-order chi connectivity index (χ0) is 14.8. The molecule has 3 N–H and O–H groups in total. The lowest BCUT2D eigenvalue weighted by Crippen LogP contribution is -2.40. The van der Waals surface area contributed by atoms with E-state index in [0.29, 0.717) is 12.1 Å². The van der Waals surface area contributed by atoms with Crippen LogP contribution in [-0.4, -0.2) is 28.5 Å². The smallest absolute Gasteiger partial charge is 0.290 e. The van der Waals surface area contributed by atoms with Crippen molar-refractivity contribution >= 4 is 11.6 Å². The average Bonchev–Trinajstić information content (AvgIpc) is 2.30. The predicted molar refractivity (Wildman–Crippen MR) is 56.6 cm³/mol. The summed E-state index contributed by atoms with van der Waals surface area (Å²) in [5.41, 5.74) is 3.02. The maximum Gasteiger partial charge on any atom is 0.290 e. The van der Waals surface area contributed by atoms with Gasteiger partial charge in [0.25, 0.3) is 11.6 Å². The number of nitrogens with zero attached hydrogens (tertiary/aromatic N) is 1. The number of aliphatic hydroxyl groups is 1. The van der Waals surface area contributed by atoms with Gasteiger partial charge in [0.1, 0.15) is 12.4 Å². The Morgan fingerprint density at radius 2 is 2.05 bits per heavy atom. The first-order valence-corrected chi connectivity index (χ1v) is 4.81. The number of halogens is 3. The molecule has 0 heterocycles. The zero-order valence-corrected chi connectivity index (χ0v) is 9.27. The van der Waals surface area contributed by atoms with Crippen LogP contribution in [0.25, 0.3) is 0 Å². The molecule has 1 aromatic carbocycles. The second-order valence-corrected chi connectivity index (χ2v) is 3.52. The molecule has 9 heteroatoms. The lowest BCUT2D eigenvalue weighted by Gasteiger charge is -2.21. The van der Waals surface area contributed by atoms with Crippen LogP contribution >= 0.6 is 0 Å². The molecule has 0 saturated carbocycles. The molecule has 1 rings (SSSR count). The Bertz CT molecular complexity index is 521. The average molecular weight is 277 g/mol. The highest BCUT2D eigenvalue weighted by atomic mass is 19.3. The SMILES string of the molecule is NC(=O)[C](c1cc([N+](=O)[O-])ccc1F)C(F)(F)CO. The molecular formula is C10H8F3N2O4. The predicted octanol–water partition coefficient (Wildman–Crippen LogP) is 0.769. The third-order valence-electron chi connectivity index (χ3n) is 2.24. The van der Waals surface area contributed by atoms with Crippen LogP contribution in [-0.2, 0) is 4.79 Å². The van der Waals surface area contributed by atoms with Crippen molar-refractivity contribution in [2.24, 2.45) is 5.73 Å². The summed E-state index contributed by atoms with van der Waals surface area (Å²) in [7, 11) is 0. The summed E-state index contributed by atoms with van der Waals surface area (Å²) in [5, 5.41) is 19.0. The van der Waals surface area contributed by atoms with Crippen molar-refractivity contribution in [3.8, 4) is 0 Å². The molecule has 103 valence electrons. The molecule has 0 unspecified atom stereocenters. The summed E-state index contributed by atoms with van der Waals surface area (Å²) < 4.78 is 40.1. The van der Waals surface area contributed by atoms with Crippen molar-refractivity contribution < 1.29 is 28.0 Å². The minimum absolute atomic E-state index is 0.457. The number of carbonyl (C=O) groups excluding carboxylic acids is 1. The van der Waals surface area contributed by atoms with E-state index in [4.69, 9.17) is 10.8 Å². The molecule has 6 nitrogen and oxygen atoms in total. The maximum absolute atomic E-state index is 13.4. The zero-order valence-electron chi connectivity index (χ0n) is 9.27. The number of nitro benzene ring substituents is 1. The number of nitrogens with two attached hydrogens (primary N) is 1. The van der Waals surface area contributed by atoms with E-state index in [2.05, 4.69) is 0 Å². The Balaban J connectivity index is 3.42. The molecule has 0 fully saturated rings. The maximum atomic E-state index is 13.4. The van der Waals surface area contributed by atoms with E-state index in [9.17, 15) is 28.1 Å². The van der Waals surface area contributed by atoms with Crippen LogP contribution in [0.4, 0.5) is 18.9 Å². The molecule has 0 aliphatic heterocycles. The molecule has 19 heavy (non-hydrogen) atoms. The first-order chi connectivity index (χ1) is 8.70. The van der Waals surface area contributed by atoms with Crippen molar-refractivity contribution in [3.05, 3.63) is 45.6 Å². The van der Waals surface area contributed by atoms with Gasteiger partial charge in [-0.1, -0.05) is 0 Å². The molecule has 0 spiro atoms. The van der Waals surface area contributed by atoms with Crippen LogP contribution in [0.15, 0.2) is 18.2 Å². The number of alkyl halides is 2. The fraction of sp³-hybridized carbons (Fsp3) is 0.200. The summed E-state index contributed by atoms with van der Waals surface area (Å²) >= 11 is 0. The number of non-ortho nitro benzene ring substituents is 1. The Hall–Kier alpha value is -2.16. The number of hydrogen-bond donors (Lipinski definition) is 2. The highest BCUT2D eigenvalue weighted by Gasteiger charge is 2.46. The number of primary amides is 1. The Morgan fingerprint density at radius 1 is 1.47 bits per heavy atom. The van der Waals surface area contributed by atoms with Crippen molar-refractivity contribution in [1.82, 2.24) is 0 Å². The normalized spacial score (nSPS) is 11.6. The number of amides is 1.